The molecule has 3 aromatic rings. The van der Waals surface area contributed by atoms with E-state index in [0.29, 0.717) is 30.5 Å². The third kappa shape index (κ3) is 5.79. The van der Waals surface area contributed by atoms with E-state index < -0.39 is 5.97 Å². The van der Waals surface area contributed by atoms with Gasteiger partial charge in [-0.25, -0.2) is 9.78 Å². The van der Waals surface area contributed by atoms with E-state index in [1.807, 2.05) is 42.5 Å². The van der Waals surface area contributed by atoms with Gasteiger partial charge in [-0.2, -0.15) is 0 Å². The molecule has 5 nitrogen and oxygen atoms in total. The van der Waals surface area contributed by atoms with E-state index in [-0.39, 0.29) is 12.5 Å². The number of carbonyl (C=O) groups is 2. The maximum absolute atomic E-state index is 13.4. The van der Waals surface area contributed by atoms with E-state index in [1.54, 1.807) is 4.90 Å². The smallest absolute Gasteiger partial charge is 0.339 e. The van der Waals surface area contributed by atoms with E-state index in [1.165, 1.54) is 0 Å². The molecule has 0 radical (unpaired) electrons. The summed E-state index contributed by atoms with van der Waals surface area (Å²) in [5, 5.41) is 0.769. The Morgan fingerprint density at radius 2 is 1.60 bits per heavy atom. The highest BCUT2D eigenvalue weighted by molar-refractivity contribution is 6.07. The van der Waals surface area contributed by atoms with E-state index >= 15 is 0 Å². The minimum atomic E-state index is -0.455. The molecule has 4 rings (SSSR count). The lowest BCUT2D eigenvalue weighted by atomic mass is 10.0. The number of benzene rings is 2. The second kappa shape index (κ2) is 10.9. The molecule has 5 heteroatoms. The van der Waals surface area contributed by atoms with Gasteiger partial charge in [-0.1, -0.05) is 76.2 Å². The first-order chi connectivity index (χ1) is 16.8. The molecule has 0 saturated heterocycles. The maximum atomic E-state index is 13.4. The van der Waals surface area contributed by atoms with Crippen LogP contribution in [0.4, 0.5) is 0 Å². The lowest BCUT2D eigenvalue weighted by molar-refractivity contribution is -0.135. The quantitative estimate of drug-likeness (QED) is 0.378. The SMILES string of the molecule is CC(C)CN(CC(C)C)C(=O)COC(=O)c1c2c(nc3ccccc13)C(=Cc1ccccc1)CC2. The van der Waals surface area contributed by atoms with Crippen LogP contribution in [0.1, 0.15) is 61.3 Å². The molecule has 0 bridgehead atoms. The van der Waals surface area contributed by atoms with Gasteiger partial charge in [-0.15, -0.1) is 0 Å². The largest absolute Gasteiger partial charge is 0.452 e. The zero-order valence-electron chi connectivity index (χ0n) is 21.1. The molecule has 0 saturated carbocycles. The van der Waals surface area contributed by atoms with E-state index in [4.69, 9.17) is 9.72 Å². The van der Waals surface area contributed by atoms with Crippen molar-refractivity contribution >= 4 is 34.4 Å². The van der Waals surface area contributed by atoms with Crippen LogP contribution in [0.25, 0.3) is 22.6 Å². The average Bonchev–Trinajstić information content (AvgIpc) is 3.22. The molecule has 1 heterocycles. The summed E-state index contributed by atoms with van der Waals surface area (Å²) in [6.45, 7) is 9.38. The molecule has 0 aliphatic heterocycles. The van der Waals surface area contributed by atoms with Crippen LogP contribution < -0.4 is 0 Å². The van der Waals surface area contributed by atoms with Gasteiger partial charge in [-0.05, 0) is 53.5 Å². The molecule has 0 atom stereocenters. The number of nitrogens with zero attached hydrogens (tertiary/aromatic N) is 2. The maximum Gasteiger partial charge on any atom is 0.339 e. The molecule has 1 aliphatic carbocycles. The van der Waals surface area contributed by atoms with Crippen molar-refractivity contribution in [1.29, 1.82) is 0 Å². The van der Waals surface area contributed by atoms with Gasteiger partial charge in [0.2, 0.25) is 0 Å². The van der Waals surface area contributed by atoms with Crippen LogP contribution >= 0.6 is 0 Å². The van der Waals surface area contributed by atoms with Crippen LogP contribution in [0.2, 0.25) is 0 Å². The van der Waals surface area contributed by atoms with Crippen LogP contribution in [0.3, 0.4) is 0 Å². The predicted octanol–water partition coefficient (Wildman–Crippen LogP) is 6.02. The first-order valence-electron chi connectivity index (χ1n) is 12.5. The number of pyridine rings is 1. The van der Waals surface area contributed by atoms with Crippen LogP contribution in [-0.4, -0.2) is 41.5 Å². The van der Waals surface area contributed by atoms with Gasteiger partial charge in [0.15, 0.2) is 6.61 Å². The number of hydrogen-bond acceptors (Lipinski definition) is 4. The zero-order valence-corrected chi connectivity index (χ0v) is 21.1. The van der Waals surface area contributed by atoms with E-state index in [0.717, 1.165) is 46.1 Å². The van der Waals surface area contributed by atoms with Gasteiger partial charge < -0.3 is 9.64 Å². The summed E-state index contributed by atoms with van der Waals surface area (Å²) in [6, 6.07) is 17.8. The topological polar surface area (TPSA) is 59.5 Å². The van der Waals surface area contributed by atoms with Gasteiger partial charge in [0.25, 0.3) is 5.91 Å². The normalized spacial score (nSPS) is 14.1. The summed E-state index contributed by atoms with van der Waals surface area (Å²) in [5.41, 5.74) is 5.27. The van der Waals surface area contributed by atoms with Crippen molar-refractivity contribution in [1.82, 2.24) is 9.88 Å². The monoisotopic (exact) mass is 470 g/mol. The summed E-state index contributed by atoms with van der Waals surface area (Å²) in [7, 11) is 0. The molecule has 0 fully saturated rings. The van der Waals surface area contributed by atoms with Crippen LogP contribution in [0, 0.1) is 11.8 Å². The fraction of sp³-hybridized carbons (Fsp3) is 0.367. The van der Waals surface area contributed by atoms with Crippen LogP contribution in [0.5, 0.6) is 0 Å². The molecular formula is C30H34N2O3. The fourth-order valence-electron chi connectivity index (χ4n) is 4.71. The summed E-state index contributed by atoms with van der Waals surface area (Å²) in [6.07, 6.45) is 3.67. The Bertz CT molecular complexity index is 1240. The Kier molecular flexibility index (Phi) is 7.64. The van der Waals surface area contributed by atoms with E-state index in [2.05, 4.69) is 45.9 Å². The summed E-state index contributed by atoms with van der Waals surface area (Å²) < 4.78 is 5.64. The van der Waals surface area contributed by atoms with Crippen molar-refractivity contribution in [3.05, 3.63) is 77.0 Å². The Morgan fingerprint density at radius 3 is 2.29 bits per heavy atom. The van der Waals surface area contributed by atoms with Crippen molar-refractivity contribution in [3.8, 4) is 0 Å². The van der Waals surface area contributed by atoms with Crippen molar-refractivity contribution in [3.63, 3.8) is 0 Å². The van der Waals surface area contributed by atoms with Crippen LogP contribution in [-0.2, 0) is 16.0 Å². The highest BCUT2D eigenvalue weighted by Crippen LogP contribution is 2.37. The number of para-hydroxylation sites is 1. The van der Waals surface area contributed by atoms with Gasteiger partial charge in [0.1, 0.15) is 0 Å². The van der Waals surface area contributed by atoms with Gasteiger partial charge in [0, 0.05) is 18.5 Å². The Morgan fingerprint density at radius 1 is 0.943 bits per heavy atom. The zero-order chi connectivity index (χ0) is 24.9. The third-order valence-corrected chi connectivity index (χ3v) is 6.14. The molecular weight excluding hydrogens is 436 g/mol. The lowest BCUT2D eigenvalue weighted by Gasteiger charge is -2.26. The number of amides is 1. The molecule has 0 spiro atoms. The second-order valence-electron chi connectivity index (χ2n) is 10.1. The van der Waals surface area contributed by atoms with Crippen molar-refractivity contribution < 1.29 is 14.3 Å². The number of allylic oxidation sites excluding steroid dienone is 1. The van der Waals surface area contributed by atoms with Gasteiger partial charge in [-0.3, -0.25) is 4.79 Å². The molecule has 1 aromatic heterocycles. The first kappa shape index (κ1) is 24.6. The number of rotatable bonds is 8. The molecule has 0 unspecified atom stereocenters. The van der Waals surface area contributed by atoms with Gasteiger partial charge in [0.05, 0.1) is 16.8 Å². The standard InChI is InChI=1S/C30H34N2O3/c1-20(2)17-32(18-21(3)4)27(33)19-35-30(34)28-24-12-8-9-13-26(24)31-29-23(14-15-25(28)29)16-22-10-6-5-7-11-22/h5-13,16,20-21H,14-15,17-19H2,1-4H3. The molecule has 2 aromatic carbocycles. The average molecular weight is 471 g/mol. The minimum absolute atomic E-state index is 0.152. The van der Waals surface area contributed by atoms with E-state index in [9.17, 15) is 9.59 Å². The van der Waals surface area contributed by atoms with Gasteiger partial charge >= 0.3 is 5.97 Å². The number of hydrogen-bond donors (Lipinski definition) is 0. The van der Waals surface area contributed by atoms with Crippen molar-refractivity contribution in [2.75, 3.05) is 19.7 Å². The van der Waals surface area contributed by atoms with Crippen LogP contribution in [0.15, 0.2) is 54.6 Å². The highest BCUT2D eigenvalue weighted by Gasteiger charge is 2.28. The summed E-state index contributed by atoms with van der Waals surface area (Å²) in [4.78, 5) is 33.1. The molecule has 35 heavy (non-hydrogen) atoms. The van der Waals surface area contributed by atoms with Crippen molar-refractivity contribution in [2.24, 2.45) is 11.8 Å². The number of ether oxygens (including phenoxy) is 1. The Balaban J connectivity index is 1.63. The Labute approximate surface area is 207 Å². The summed E-state index contributed by atoms with van der Waals surface area (Å²) in [5.74, 6) is 0.0786. The first-order valence-corrected chi connectivity index (χ1v) is 12.5. The molecule has 0 N–H and O–H groups in total. The number of aromatic nitrogens is 1. The highest BCUT2D eigenvalue weighted by atomic mass is 16.5. The van der Waals surface area contributed by atoms with Crippen molar-refractivity contribution in [2.45, 2.75) is 40.5 Å². The number of fused-ring (bicyclic) bond motifs is 2. The third-order valence-electron chi connectivity index (χ3n) is 6.14. The second-order valence-corrected chi connectivity index (χ2v) is 10.1. The number of carbonyl (C=O) groups excluding carboxylic acids is 2. The molecule has 182 valence electrons. The molecule has 1 aliphatic rings. The predicted molar refractivity (Wildman–Crippen MR) is 141 cm³/mol. The summed E-state index contributed by atoms with van der Waals surface area (Å²) >= 11 is 0. The number of esters is 1. The molecule has 1 amide bonds. The fourth-order valence-corrected chi connectivity index (χ4v) is 4.71. The lowest BCUT2D eigenvalue weighted by Crippen LogP contribution is -2.39. The Hall–Kier alpha value is -3.47. The minimum Gasteiger partial charge on any atom is -0.452 e.